The number of hydrogen-bond acceptors (Lipinski definition) is 5. The Morgan fingerprint density at radius 3 is 2.49 bits per heavy atom. The Bertz CT molecular complexity index is 1220. The van der Waals surface area contributed by atoms with E-state index in [1.807, 2.05) is 6.07 Å². The Balaban J connectivity index is 1.55. The molecule has 0 bridgehead atoms. The quantitative estimate of drug-likeness (QED) is 0.441. The molecular formula is C25H24F3N5O2. The number of para-hydroxylation sites is 1. The van der Waals surface area contributed by atoms with Crippen molar-refractivity contribution < 1.29 is 22.8 Å². The minimum atomic E-state index is -4.63. The Morgan fingerprint density at radius 2 is 1.77 bits per heavy atom. The van der Waals surface area contributed by atoms with Crippen LogP contribution in [0.25, 0.3) is 0 Å². The number of benzene rings is 2. The number of aromatic nitrogens is 2. The van der Waals surface area contributed by atoms with Crippen molar-refractivity contribution >= 4 is 29.1 Å². The summed E-state index contributed by atoms with van der Waals surface area (Å²) in [5.74, 6) is -1.66. The first-order chi connectivity index (χ1) is 16.7. The van der Waals surface area contributed by atoms with E-state index >= 15 is 0 Å². The number of hydrogen-bond donors (Lipinski definition) is 3. The fourth-order valence-electron chi connectivity index (χ4n) is 4.37. The van der Waals surface area contributed by atoms with E-state index in [1.165, 1.54) is 0 Å². The van der Waals surface area contributed by atoms with Crippen LogP contribution in [0, 0.1) is 11.8 Å². The van der Waals surface area contributed by atoms with Crippen molar-refractivity contribution in [2.75, 3.05) is 10.6 Å². The lowest BCUT2D eigenvalue weighted by molar-refractivity contribution is -0.138. The Morgan fingerprint density at radius 1 is 1.03 bits per heavy atom. The standard InChI is InChI=1S/C25H24F3N5O2/c26-25(27,28)20-14-30-24(33-21(20)13-15-6-5-11-19(15)22(29)34)32-18-10-4-7-16(12-18)23(35)31-17-8-2-1-3-9-17/h1-4,7-10,12,14-15,19H,5-6,11,13H2,(H2,29,34)(H,31,35)(H,30,32,33)/t15-,19-/m0/s1. The largest absolute Gasteiger partial charge is 0.419 e. The molecule has 2 atom stereocenters. The maximum Gasteiger partial charge on any atom is 0.419 e. The van der Waals surface area contributed by atoms with Gasteiger partial charge in [-0.3, -0.25) is 9.59 Å². The van der Waals surface area contributed by atoms with E-state index in [0.29, 0.717) is 29.8 Å². The van der Waals surface area contributed by atoms with Crippen molar-refractivity contribution in [1.29, 1.82) is 0 Å². The summed E-state index contributed by atoms with van der Waals surface area (Å²) in [5, 5.41) is 5.66. The third-order valence-electron chi connectivity index (χ3n) is 6.07. The molecule has 182 valence electrons. The molecule has 1 saturated carbocycles. The van der Waals surface area contributed by atoms with Gasteiger partial charge in [0.15, 0.2) is 0 Å². The van der Waals surface area contributed by atoms with E-state index in [9.17, 15) is 22.8 Å². The number of rotatable bonds is 7. The first-order valence-corrected chi connectivity index (χ1v) is 11.2. The second-order valence-corrected chi connectivity index (χ2v) is 8.48. The summed E-state index contributed by atoms with van der Waals surface area (Å²) in [4.78, 5) is 32.3. The Labute approximate surface area is 200 Å². The fraction of sp³-hybridized carbons (Fsp3) is 0.280. The molecule has 4 N–H and O–H groups in total. The molecule has 4 rings (SSSR count). The number of carbonyl (C=O) groups excluding carboxylic acids is 2. The summed E-state index contributed by atoms with van der Waals surface area (Å²) in [6.07, 6.45) is -2.02. The van der Waals surface area contributed by atoms with Gasteiger partial charge in [0, 0.05) is 29.1 Å². The highest BCUT2D eigenvalue weighted by atomic mass is 19.4. The molecule has 7 nitrogen and oxygen atoms in total. The molecule has 0 unspecified atom stereocenters. The summed E-state index contributed by atoms with van der Waals surface area (Å²) >= 11 is 0. The zero-order chi connectivity index (χ0) is 25.0. The molecular weight excluding hydrogens is 459 g/mol. The predicted molar refractivity (Wildman–Crippen MR) is 125 cm³/mol. The summed E-state index contributed by atoms with van der Waals surface area (Å²) < 4.78 is 40.9. The van der Waals surface area contributed by atoms with E-state index < -0.39 is 23.6 Å². The molecule has 2 amide bonds. The molecule has 1 aliphatic carbocycles. The van der Waals surface area contributed by atoms with Crippen LogP contribution in [0.1, 0.15) is 40.9 Å². The molecule has 0 aliphatic heterocycles. The number of anilines is 3. The molecule has 3 aromatic rings. The maximum atomic E-state index is 13.6. The minimum absolute atomic E-state index is 0.0286. The molecule has 0 spiro atoms. The van der Waals surface area contributed by atoms with Crippen LogP contribution in [0.3, 0.4) is 0 Å². The topological polar surface area (TPSA) is 110 Å². The van der Waals surface area contributed by atoms with Crippen LogP contribution in [0.15, 0.2) is 60.8 Å². The highest BCUT2D eigenvalue weighted by Gasteiger charge is 2.38. The lowest BCUT2D eigenvalue weighted by atomic mass is 9.90. The smallest absolute Gasteiger partial charge is 0.369 e. The average molecular weight is 483 g/mol. The number of alkyl halides is 3. The molecule has 10 heteroatoms. The molecule has 2 aromatic carbocycles. The summed E-state index contributed by atoms with van der Waals surface area (Å²) in [6.45, 7) is 0. The van der Waals surface area contributed by atoms with Gasteiger partial charge >= 0.3 is 6.18 Å². The number of amides is 2. The van der Waals surface area contributed by atoms with Crippen molar-refractivity contribution in [3.8, 4) is 0 Å². The summed E-state index contributed by atoms with van der Waals surface area (Å²) in [5.41, 5.74) is 5.74. The minimum Gasteiger partial charge on any atom is -0.369 e. The molecule has 1 fully saturated rings. The van der Waals surface area contributed by atoms with E-state index in [4.69, 9.17) is 5.73 Å². The van der Waals surface area contributed by atoms with Crippen LogP contribution in [-0.4, -0.2) is 21.8 Å². The molecule has 1 aliphatic rings. The summed E-state index contributed by atoms with van der Waals surface area (Å²) in [6, 6.07) is 15.4. The van der Waals surface area contributed by atoms with Crippen LogP contribution in [0.4, 0.5) is 30.5 Å². The van der Waals surface area contributed by atoms with Gasteiger partial charge in [0.05, 0.1) is 11.3 Å². The molecule has 1 aromatic heterocycles. The molecule has 0 radical (unpaired) electrons. The third-order valence-corrected chi connectivity index (χ3v) is 6.07. The van der Waals surface area contributed by atoms with Gasteiger partial charge in [-0.2, -0.15) is 13.2 Å². The van der Waals surface area contributed by atoms with Crippen LogP contribution in [0.2, 0.25) is 0 Å². The number of nitrogens with one attached hydrogen (secondary N) is 2. The zero-order valence-electron chi connectivity index (χ0n) is 18.7. The zero-order valence-corrected chi connectivity index (χ0v) is 18.7. The average Bonchev–Trinajstić information content (AvgIpc) is 3.28. The predicted octanol–water partition coefficient (Wildman–Crippen LogP) is 4.94. The number of carbonyl (C=O) groups is 2. The second kappa shape index (κ2) is 10.1. The van der Waals surface area contributed by atoms with Gasteiger partial charge in [-0.1, -0.05) is 30.7 Å². The fourth-order valence-corrected chi connectivity index (χ4v) is 4.37. The van der Waals surface area contributed by atoms with Gasteiger partial charge in [-0.05, 0) is 55.5 Å². The van der Waals surface area contributed by atoms with Crippen LogP contribution < -0.4 is 16.4 Å². The molecule has 0 saturated heterocycles. The monoisotopic (exact) mass is 483 g/mol. The van der Waals surface area contributed by atoms with E-state index in [1.54, 1.807) is 48.5 Å². The van der Waals surface area contributed by atoms with Crippen LogP contribution >= 0.6 is 0 Å². The van der Waals surface area contributed by atoms with Gasteiger partial charge in [0.1, 0.15) is 0 Å². The number of primary amides is 1. The lowest BCUT2D eigenvalue weighted by Gasteiger charge is -2.19. The van der Waals surface area contributed by atoms with Crippen LogP contribution in [0.5, 0.6) is 0 Å². The second-order valence-electron chi connectivity index (χ2n) is 8.48. The van der Waals surface area contributed by atoms with Gasteiger partial charge in [-0.25, -0.2) is 9.97 Å². The van der Waals surface area contributed by atoms with Crippen molar-refractivity contribution in [3.05, 3.63) is 77.6 Å². The highest BCUT2D eigenvalue weighted by molar-refractivity contribution is 6.04. The van der Waals surface area contributed by atoms with Crippen molar-refractivity contribution in [1.82, 2.24) is 9.97 Å². The van der Waals surface area contributed by atoms with Crippen LogP contribution in [-0.2, 0) is 17.4 Å². The Kier molecular flexibility index (Phi) is 6.99. The lowest BCUT2D eigenvalue weighted by Crippen LogP contribution is -2.28. The highest BCUT2D eigenvalue weighted by Crippen LogP contribution is 2.38. The first kappa shape index (κ1) is 24.2. The maximum absolute atomic E-state index is 13.6. The number of nitrogens with zero attached hydrogens (tertiary/aromatic N) is 2. The van der Waals surface area contributed by atoms with Gasteiger partial charge in [0.2, 0.25) is 11.9 Å². The van der Waals surface area contributed by atoms with Gasteiger partial charge < -0.3 is 16.4 Å². The van der Waals surface area contributed by atoms with Gasteiger partial charge in [0.25, 0.3) is 5.91 Å². The Hall–Kier alpha value is -3.95. The number of nitrogens with two attached hydrogens (primary N) is 1. The molecule has 35 heavy (non-hydrogen) atoms. The van der Waals surface area contributed by atoms with E-state index in [2.05, 4.69) is 20.6 Å². The molecule has 1 heterocycles. The van der Waals surface area contributed by atoms with Gasteiger partial charge in [-0.15, -0.1) is 0 Å². The van der Waals surface area contributed by atoms with Crippen molar-refractivity contribution in [3.63, 3.8) is 0 Å². The number of halogens is 3. The SMILES string of the molecule is NC(=O)[C@H]1CCC[C@H]1Cc1nc(Nc2cccc(C(=O)Nc3ccccc3)c2)ncc1C(F)(F)F. The van der Waals surface area contributed by atoms with E-state index in [-0.39, 0.29) is 29.9 Å². The first-order valence-electron chi connectivity index (χ1n) is 11.2. The third kappa shape index (κ3) is 5.95. The normalized spacial score (nSPS) is 17.7. The van der Waals surface area contributed by atoms with E-state index in [0.717, 1.165) is 12.6 Å². The summed E-state index contributed by atoms with van der Waals surface area (Å²) in [7, 11) is 0. The van der Waals surface area contributed by atoms with Crippen molar-refractivity contribution in [2.45, 2.75) is 31.9 Å². The van der Waals surface area contributed by atoms with Crippen molar-refractivity contribution in [2.24, 2.45) is 17.6 Å².